The fourth-order valence-electron chi connectivity index (χ4n) is 2.48. The van der Waals surface area contributed by atoms with Gasteiger partial charge in [0.15, 0.2) is 0 Å². The summed E-state index contributed by atoms with van der Waals surface area (Å²) in [6, 6.07) is 4.94. The van der Waals surface area contributed by atoms with E-state index in [1.54, 1.807) is 11.9 Å². The van der Waals surface area contributed by atoms with Gasteiger partial charge in [0.1, 0.15) is 0 Å². The summed E-state index contributed by atoms with van der Waals surface area (Å²) in [7, 11) is 1.75. The number of rotatable bonds is 3. The summed E-state index contributed by atoms with van der Waals surface area (Å²) in [5, 5.41) is 3.24. The first-order valence-electron chi connectivity index (χ1n) is 7.00. The molecule has 2 rings (SSSR count). The average Bonchev–Trinajstić information content (AvgIpc) is 2.47. The lowest BCUT2D eigenvalue weighted by molar-refractivity contribution is -0.137. The van der Waals surface area contributed by atoms with Gasteiger partial charge in [-0.05, 0) is 37.1 Å². The van der Waals surface area contributed by atoms with Crippen LogP contribution in [-0.2, 0) is 17.4 Å². The molecule has 0 saturated carbocycles. The van der Waals surface area contributed by atoms with Gasteiger partial charge >= 0.3 is 6.18 Å². The lowest BCUT2D eigenvalue weighted by atomic mass is 10.0. The van der Waals surface area contributed by atoms with E-state index in [1.165, 1.54) is 12.1 Å². The van der Waals surface area contributed by atoms with Gasteiger partial charge in [0, 0.05) is 19.6 Å². The van der Waals surface area contributed by atoms with E-state index in [9.17, 15) is 18.0 Å². The van der Waals surface area contributed by atoms with Crippen LogP contribution in [0.15, 0.2) is 24.3 Å². The Morgan fingerprint density at radius 1 is 1.33 bits per heavy atom. The first kappa shape index (κ1) is 15.8. The lowest BCUT2D eigenvalue weighted by Crippen LogP contribution is -2.47. The molecule has 1 fully saturated rings. The Hall–Kier alpha value is -1.56. The van der Waals surface area contributed by atoms with Gasteiger partial charge in [0.2, 0.25) is 5.91 Å². The second-order valence-electron chi connectivity index (χ2n) is 5.38. The van der Waals surface area contributed by atoms with E-state index in [4.69, 9.17) is 0 Å². The third-order valence-electron chi connectivity index (χ3n) is 3.85. The summed E-state index contributed by atoms with van der Waals surface area (Å²) in [5.74, 6) is -0.0662. The molecule has 1 atom stereocenters. The highest BCUT2D eigenvalue weighted by molar-refractivity contribution is 5.78. The molecule has 1 saturated heterocycles. The van der Waals surface area contributed by atoms with Crippen LogP contribution in [0.3, 0.4) is 0 Å². The van der Waals surface area contributed by atoms with Gasteiger partial charge in [0.25, 0.3) is 0 Å². The van der Waals surface area contributed by atoms with Crippen LogP contribution in [0, 0.1) is 0 Å². The molecule has 1 N–H and O–H groups in total. The van der Waals surface area contributed by atoms with Crippen molar-refractivity contribution in [2.75, 3.05) is 20.1 Å². The van der Waals surface area contributed by atoms with Crippen molar-refractivity contribution >= 4 is 5.91 Å². The summed E-state index contributed by atoms with van der Waals surface area (Å²) in [4.78, 5) is 13.9. The molecule has 6 heteroatoms. The van der Waals surface area contributed by atoms with E-state index in [0.29, 0.717) is 5.56 Å². The maximum atomic E-state index is 12.5. The van der Waals surface area contributed by atoms with Gasteiger partial charge in [-0.15, -0.1) is 0 Å². The molecular weight excluding hydrogens is 281 g/mol. The predicted octanol–water partition coefficient (Wildman–Crippen LogP) is 2.46. The molecule has 0 spiro atoms. The molecule has 1 aromatic rings. The van der Waals surface area contributed by atoms with Crippen molar-refractivity contribution in [1.29, 1.82) is 0 Å². The number of hydrogen-bond acceptors (Lipinski definition) is 2. The number of nitrogens with zero attached hydrogens (tertiary/aromatic N) is 1. The zero-order chi connectivity index (χ0) is 15.5. The maximum absolute atomic E-state index is 12.5. The highest BCUT2D eigenvalue weighted by Gasteiger charge is 2.30. The molecular formula is C15H19F3N2O. The standard InChI is InChI=1S/C15H19F3N2O/c1-20(13-3-2-8-19-10-13)14(21)9-11-4-6-12(7-5-11)15(16,17)18/h4-7,13,19H,2-3,8-10H2,1H3. The van der Waals surface area contributed by atoms with Gasteiger partial charge in [-0.2, -0.15) is 13.2 Å². The second kappa shape index (κ2) is 6.47. The van der Waals surface area contributed by atoms with E-state index in [2.05, 4.69) is 5.32 Å². The fraction of sp³-hybridized carbons (Fsp3) is 0.533. The third-order valence-corrected chi connectivity index (χ3v) is 3.85. The first-order chi connectivity index (χ1) is 9.88. The van der Waals surface area contributed by atoms with Crippen LogP contribution in [0.4, 0.5) is 13.2 Å². The number of hydrogen-bond donors (Lipinski definition) is 1. The first-order valence-corrected chi connectivity index (χ1v) is 7.00. The van der Waals surface area contributed by atoms with Crippen LogP contribution in [0.5, 0.6) is 0 Å². The zero-order valence-electron chi connectivity index (χ0n) is 11.9. The summed E-state index contributed by atoms with van der Waals surface area (Å²) in [5.41, 5.74) is -0.0906. The number of benzene rings is 1. The Balaban J connectivity index is 1.95. The zero-order valence-corrected chi connectivity index (χ0v) is 11.9. The number of carbonyl (C=O) groups excluding carboxylic acids is 1. The Kier molecular flexibility index (Phi) is 4.88. The second-order valence-corrected chi connectivity index (χ2v) is 5.38. The fourth-order valence-corrected chi connectivity index (χ4v) is 2.48. The van der Waals surface area contributed by atoms with Crippen LogP contribution in [0.25, 0.3) is 0 Å². The van der Waals surface area contributed by atoms with E-state index in [-0.39, 0.29) is 18.4 Å². The van der Waals surface area contributed by atoms with Crippen molar-refractivity contribution in [2.45, 2.75) is 31.5 Å². The van der Waals surface area contributed by atoms with Crippen LogP contribution >= 0.6 is 0 Å². The molecule has 21 heavy (non-hydrogen) atoms. The van der Waals surface area contributed by atoms with Gasteiger partial charge < -0.3 is 10.2 Å². The monoisotopic (exact) mass is 300 g/mol. The molecule has 116 valence electrons. The van der Waals surface area contributed by atoms with E-state index < -0.39 is 11.7 Å². The molecule has 0 aromatic heterocycles. The summed E-state index contributed by atoms with van der Waals surface area (Å²) < 4.78 is 37.4. The molecule has 1 amide bonds. The van der Waals surface area contributed by atoms with Gasteiger partial charge in [-0.3, -0.25) is 4.79 Å². The highest BCUT2D eigenvalue weighted by atomic mass is 19.4. The Morgan fingerprint density at radius 3 is 2.52 bits per heavy atom. The maximum Gasteiger partial charge on any atom is 0.416 e. The Morgan fingerprint density at radius 2 is 2.00 bits per heavy atom. The smallest absolute Gasteiger partial charge is 0.341 e. The SMILES string of the molecule is CN(C(=O)Cc1ccc(C(F)(F)F)cc1)C1CCCNC1. The van der Waals surface area contributed by atoms with Crippen molar-refractivity contribution in [2.24, 2.45) is 0 Å². The molecule has 1 aliphatic heterocycles. The molecule has 0 radical (unpaired) electrons. The van der Waals surface area contributed by atoms with Crippen LogP contribution in [0.1, 0.15) is 24.0 Å². The minimum atomic E-state index is -4.34. The molecule has 1 unspecified atom stereocenters. The van der Waals surface area contributed by atoms with Crippen LogP contribution in [-0.4, -0.2) is 37.0 Å². The number of alkyl halides is 3. The van der Waals surface area contributed by atoms with Crippen LogP contribution < -0.4 is 5.32 Å². The Labute approximate surface area is 122 Å². The number of carbonyl (C=O) groups is 1. The van der Waals surface area contributed by atoms with Crippen LogP contribution in [0.2, 0.25) is 0 Å². The number of piperidine rings is 1. The minimum Gasteiger partial charge on any atom is -0.341 e. The van der Waals surface area contributed by atoms with Crippen molar-refractivity contribution in [3.8, 4) is 0 Å². The third kappa shape index (κ3) is 4.20. The molecule has 1 aliphatic rings. The van der Waals surface area contributed by atoms with Crippen molar-refractivity contribution < 1.29 is 18.0 Å². The Bertz CT molecular complexity index is 479. The van der Waals surface area contributed by atoms with Gasteiger partial charge in [-0.1, -0.05) is 12.1 Å². The van der Waals surface area contributed by atoms with E-state index in [1.807, 2.05) is 0 Å². The summed E-state index contributed by atoms with van der Waals surface area (Å²) in [6.45, 7) is 1.74. The highest BCUT2D eigenvalue weighted by Crippen LogP contribution is 2.29. The normalized spacial score (nSPS) is 19.3. The topological polar surface area (TPSA) is 32.3 Å². The van der Waals surface area contributed by atoms with Gasteiger partial charge in [-0.25, -0.2) is 0 Å². The molecule has 3 nitrogen and oxygen atoms in total. The molecule has 0 bridgehead atoms. The largest absolute Gasteiger partial charge is 0.416 e. The number of nitrogens with one attached hydrogen (secondary N) is 1. The van der Waals surface area contributed by atoms with E-state index >= 15 is 0 Å². The minimum absolute atomic E-state index is 0.0662. The molecule has 0 aliphatic carbocycles. The summed E-state index contributed by atoms with van der Waals surface area (Å²) in [6.07, 6.45) is -2.22. The van der Waals surface area contributed by atoms with E-state index in [0.717, 1.165) is 38.1 Å². The van der Waals surface area contributed by atoms with Crippen molar-refractivity contribution in [1.82, 2.24) is 10.2 Å². The average molecular weight is 300 g/mol. The van der Waals surface area contributed by atoms with Gasteiger partial charge in [0.05, 0.1) is 12.0 Å². The number of halogens is 3. The number of amides is 1. The molecule has 1 aromatic carbocycles. The molecule has 1 heterocycles. The predicted molar refractivity (Wildman–Crippen MR) is 73.8 cm³/mol. The summed E-state index contributed by atoms with van der Waals surface area (Å²) >= 11 is 0. The quantitative estimate of drug-likeness (QED) is 0.930. The van der Waals surface area contributed by atoms with Crippen molar-refractivity contribution in [3.63, 3.8) is 0 Å². The number of likely N-dealkylation sites (N-methyl/N-ethyl adjacent to an activating group) is 1. The van der Waals surface area contributed by atoms with Crippen molar-refractivity contribution in [3.05, 3.63) is 35.4 Å². The lowest BCUT2D eigenvalue weighted by Gasteiger charge is -2.31.